The standard InChI is InChI=1S/C31H28F3N7OS/c32-31(33,34)23-3-1-2-22(16-23)30(42)40-24-6-4-20(5-7-24)8-10-37-29-28-25(38-19-39-29)18-26(43-28)21-9-11-36-27(17-21)41-14-12-35-13-15-41/h1-7,9,11,16-19,35H,8,10,12-15H2,(H,40,42)(H,37,38,39). The zero-order chi connectivity index (χ0) is 29.8. The van der Waals surface area contributed by atoms with Gasteiger partial charge in [-0.2, -0.15) is 13.2 Å². The summed E-state index contributed by atoms with van der Waals surface area (Å²) < 4.78 is 39.9. The van der Waals surface area contributed by atoms with Gasteiger partial charge in [-0.25, -0.2) is 15.0 Å². The summed E-state index contributed by atoms with van der Waals surface area (Å²) in [5, 5.41) is 9.45. The lowest BCUT2D eigenvalue weighted by molar-refractivity contribution is -0.137. The summed E-state index contributed by atoms with van der Waals surface area (Å²) in [5.74, 6) is 1.14. The Bertz CT molecular complexity index is 1730. The quantitative estimate of drug-likeness (QED) is 0.198. The Hall–Kier alpha value is -4.55. The number of rotatable bonds is 8. The summed E-state index contributed by atoms with van der Waals surface area (Å²) in [4.78, 5) is 29.4. The molecule has 8 nitrogen and oxygen atoms in total. The van der Waals surface area contributed by atoms with Gasteiger partial charge in [0.15, 0.2) is 0 Å². The lowest BCUT2D eigenvalue weighted by atomic mass is 10.1. The van der Waals surface area contributed by atoms with Crippen LogP contribution in [0.4, 0.5) is 30.5 Å². The second-order valence-corrected chi connectivity index (χ2v) is 11.1. The van der Waals surface area contributed by atoms with Crippen LogP contribution in [0.5, 0.6) is 0 Å². The van der Waals surface area contributed by atoms with Gasteiger partial charge in [0.1, 0.15) is 18.0 Å². The second kappa shape index (κ2) is 12.4. The zero-order valence-electron chi connectivity index (χ0n) is 23.0. The number of nitrogens with one attached hydrogen (secondary N) is 3. The topological polar surface area (TPSA) is 95.1 Å². The number of carbonyl (C=O) groups excluding carboxylic acids is 1. The molecule has 1 saturated heterocycles. The minimum atomic E-state index is -4.51. The number of nitrogens with zero attached hydrogens (tertiary/aromatic N) is 4. The van der Waals surface area contributed by atoms with Crippen molar-refractivity contribution in [2.45, 2.75) is 12.6 Å². The fourth-order valence-corrected chi connectivity index (χ4v) is 5.95. The molecule has 43 heavy (non-hydrogen) atoms. The molecule has 1 fully saturated rings. The minimum absolute atomic E-state index is 0.0556. The number of hydrogen-bond donors (Lipinski definition) is 3. The van der Waals surface area contributed by atoms with Crippen LogP contribution in [-0.4, -0.2) is 53.6 Å². The van der Waals surface area contributed by atoms with Crippen molar-refractivity contribution >= 4 is 44.8 Å². The van der Waals surface area contributed by atoms with E-state index in [4.69, 9.17) is 0 Å². The number of aromatic nitrogens is 3. The van der Waals surface area contributed by atoms with Crippen LogP contribution in [0.1, 0.15) is 21.5 Å². The fourth-order valence-electron chi connectivity index (χ4n) is 4.88. The van der Waals surface area contributed by atoms with Gasteiger partial charge in [0.05, 0.1) is 15.8 Å². The number of amides is 1. The van der Waals surface area contributed by atoms with Crippen molar-refractivity contribution in [3.8, 4) is 10.4 Å². The van der Waals surface area contributed by atoms with Crippen molar-refractivity contribution in [1.82, 2.24) is 20.3 Å². The summed E-state index contributed by atoms with van der Waals surface area (Å²) in [5.41, 5.74) is 2.58. The number of anilines is 3. The second-order valence-electron chi connectivity index (χ2n) is 10.1. The van der Waals surface area contributed by atoms with Crippen molar-refractivity contribution in [3.63, 3.8) is 0 Å². The van der Waals surface area contributed by atoms with Crippen LogP contribution in [0, 0.1) is 0 Å². The van der Waals surface area contributed by atoms with Crippen LogP contribution in [0.15, 0.2) is 79.3 Å². The smallest absolute Gasteiger partial charge is 0.368 e. The number of halogens is 3. The fraction of sp³-hybridized carbons (Fsp3) is 0.226. The van der Waals surface area contributed by atoms with Crippen LogP contribution in [0.2, 0.25) is 0 Å². The van der Waals surface area contributed by atoms with E-state index in [2.05, 4.69) is 47.9 Å². The van der Waals surface area contributed by atoms with Gasteiger partial charge in [0.25, 0.3) is 5.91 Å². The maximum absolute atomic E-state index is 13.0. The molecule has 0 saturated carbocycles. The Labute approximate surface area is 250 Å². The van der Waals surface area contributed by atoms with Crippen molar-refractivity contribution in [3.05, 3.63) is 95.9 Å². The van der Waals surface area contributed by atoms with Crippen molar-refractivity contribution in [2.75, 3.05) is 48.3 Å². The van der Waals surface area contributed by atoms with Crippen molar-refractivity contribution in [2.24, 2.45) is 0 Å². The normalized spacial score (nSPS) is 13.7. The summed E-state index contributed by atoms with van der Waals surface area (Å²) in [6.07, 6.45) is -0.403. The average molecular weight is 604 g/mol. The molecule has 3 aromatic heterocycles. The van der Waals surface area contributed by atoms with E-state index in [0.29, 0.717) is 18.7 Å². The third-order valence-electron chi connectivity index (χ3n) is 7.15. The molecule has 0 bridgehead atoms. The number of carbonyl (C=O) groups is 1. The molecule has 3 N–H and O–H groups in total. The largest absolute Gasteiger partial charge is 0.416 e. The minimum Gasteiger partial charge on any atom is -0.368 e. The molecule has 4 heterocycles. The molecule has 0 radical (unpaired) electrons. The molecule has 1 aliphatic rings. The number of thiophene rings is 1. The molecule has 0 aliphatic carbocycles. The number of pyridine rings is 1. The molecule has 0 unspecified atom stereocenters. The van der Waals surface area contributed by atoms with Crippen LogP contribution in [0.25, 0.3) is 20.7 Å². The van der Waals surface area contributed by atoms with Crippen molar-refractivity contribution < 1.29 is 18.0 Å². The molecule has 0 atom stereocenters. The molecule has 2 aromatic carbocycles. The Balaban J connectivity index is 1.08. The summed E-state index contributed by atoms with van der Waals surface area (Å²) in [6.45, 7) is 4.38. The predicted molar refractivity (Wildman–Crippen MR) is 164 cm³/mol. The van der Waals surface area contributed by atoms with Gasteiger partial charge in [-0.15, -0.1) is 11.3 Å². The van der Waals surface area contributed by atoms with E-state index in [9.17, 15) is 18.0 Å². The van der Waals surface area contributed by atoms with E-state index >= 15 is 0 Å². The third kappa shape index (κ3) is 6.76. The molecule has 6 rings (SSSR count). The van der Waals surface area contributed by atoms with Gasteiger partial charge >= 0.3 is 6.18 Å². The average Bonchev–Trinajstić information content (AvgIpc) is 3.48. The molecular formula is C31H28F3N7OS. The number of hydrogen-bond acceptors (Lipinski definition) is 8. The van der Waals surface area contributed by atoms with E-state index in [0.717, 1.165) is 76.2 Å². The van der Waals surface area contributed by atoms with Gasteiger partial charge < -0.3 is 20.9 Å². The number of alkyl halides is 3. The monoisotopic (exact) mass is 603 g/mol. The van der Waals surface area contributed by atoms with Gasteiger partial charge in [-0.1, -0.05) is 18.2 Å². The van der Waals surface area contributed by atoms with Crippen molar-refractivity contribution in [1.29, 1.82) is 0 Å². The number of piperazine rings is 1. The first-order valence-corrected chi connectivity index (χ1v) is 14.6. The molecular weight excluding hydrogens is 575 g/mol. The first kappa shape index (κ1) is 28.6. The highest BCUT2D eigenvalue weighted by Crippen LogP contribution is 2.36. The molecule has 5 aromatic rings. The zero-order valence-corrected chi connectivity index (χ0v) is 23.8. The summed E-state index contributed by atoms with van der Waals surface area (Å²) in [7, 11) is 0. The number of benzene rings is 2. The molecule has 220 valence electrons. The first-order chi connectivity index (χ1) is 20.8. The lowest BCUT2D eigenvalue weighted by Crippen LogP contribution is -2.43. The van der Waals surface area contributed by atoms with E-state index in [1.165, 1.54) is 12.1 Å². The highest BCUT2D eigenvalue weighted by molar-refractivity contribution is 7.22. The SMILES string of the molecule is O=C(Nc1ccc(CCNc2ncnc3cc(-c4ccnc(N5CCNCC5)c4)sc23)cc1)c1cccc(C(F)(F)F)c1. The summed E-state index contributed by atoms with van der Waals surface area (Å²) >= 11 is 1.64. The molecule has 1 amide bonds. The maximum Gasteiger partial charge on any atom is 0.416 e. The Morgan fingerprint density at radius 3 is 2.58 bits per heavy atom. The maximum atomic E-state index is 13.0. The lowest BCUT2D eigenvalue weighted by Gasteiger charge is -2.28. The van der Waals surface area contributed by atoms with Gasteiger partial charge in [-0.3, -0.25) is 4.79 Å². The van der Waals surface area contributed by atoms with Crippen LogP contribution in [0.3, 0.4) is 0 Å². The Kier molecular flexibility index (Phi) is 8.21. The van der Waals surface area contributed by atoms with Crippen LogP contribution >= 0.6 is 11.3 Å². The van der Waals surface area contributed by atoms with E-state index in [-0.39, 0.29) is 5.56 Å². The molecule has 1 aliphatic heterocycles. The van der Waals surface area contributed by atoms with Crippen LogP contribution in [-0.2, 0) is 12.6 Å². The Morgan fingerprint density at radius 1 is 0.977 bits per heavy atom. The highest BCUT2D eigenvalue weighted by Gasteiger charge is 2.31. The van der Waals surface area contributed by atoms with E-state index in [1.807, 2.05) is 24.4 Å². The van der Waals surface area contributed by atoms with Gasteiger partial charge in [-0.05, 0) is 66.1 Å². The predicted octanol–water partition coefficient (Wildman–Crippen LogP) is 6.09. The Morgan fingerprint density at radius 2 is 1.79 bits per heavy atom. The first-order valence-electron chi connectivity index (χ1n) is 13.8. The third-order valence-corrected chi connectivity index (χ3v) is 8.33. The highest BCUT2D eigenvalue weighted by atomic mass is 32.1. The van der Waals surface area contributed by atoms with Gasteiger partial charge in [0.2, 0.25) is 0 Å². The van der Waals surface area contributed by atoms with Gasteiger partial charge in [0, 0.05) is 55.0 Å². The molecule has 12 heteroatoms. The van der Waals surface area contributed by atoms with E-state index in [1.54, 1.807) is 29.8 Å². The molecule has 0 spiro atoms. The number of fused-ring (bicyclic) bond motifs is 1. The van der Waals surface area contributed by atoms with Crippen LogP contribution < -0.4 is 20.9 Å². The summed E-state index contributed by atoms with van der Waals surface area (Å²) in [6, 6.07) is 17.8. The van der Waals surface area contributed by atoms with E-state index < -0.39 is 17.6 Å².